The standard InChI is InChI=1S/C18H18N4O2/c23-18(24-13-14-4-2-1-3-5-14)21-8-9-22-15(12-21)10-20-16-6-7-19-11-17(16)22/h1-7,10-11,20H,8-9,12-13H2. The van der Waals surface area contributed by atoms with Crippen molar-refractivity contribution in [2.45, 2.75) is 6.61 Å². The largest absolute Gasteiger partial charge is 0.445 e. The van der Waals surface area contributed by atoms with Crippen molar-refractivity contribution in [1.82, 2.24) is 9.88 Å². The number of nitrogens with zero attached hydrogens (tertiary/aromatic N) is 3. The van der Waals surface area contributed by atoms with Gasteiger partial charge < -0.3 is 19.9 Å². The summed E-state index contributed by atoms with van der Waals surface area (Å²) in [6.07, 6.45) is 5.27. The van der Waals surface area contributed by atoms with Gasteiger partial charge in [-0.25, -0.2) is 4.79 Å². The molecule has 0 radical (unpaired) electrons. The number of benzene rings is 1. The van der Waals surface area contributed by atoms with E-state index in [1.54, 1.807) is 11.1 Å². The smallest absolute Gasteiger partial charge is 0.410 e. The SMILES string of the molecule is O=C(OCc1ccccc1)N1CCN2C(=CNc3ccncc32)C1. The minimum absolute atomic E-state index is 0.281. The van der Waals surface area contributed by atoms with Crippen molar-refractivity contribution >= 4 is 17.5 Å². The van der Waals surface area contributed by atoms with Gasteiger partial charge in [0, 0.05) is 25.5 Å². The molecule has 0 aliphatic carbocycles. The van der Waals surface area contributed by atoms with E-state index < -0.39 is 0 Å². The fourth-order valence-corrected chi connectivity index (χ4v) is 2.97. The predicted molar refractivity (Wildman–Crippen MR) is 91.5 cm³/mol. The zero-order valence-electron chi connectivity index (χ0n) is 13.2. The van der Waals surface area contributed by atoms with Crippen molar-refractivity contribution in [3.63, 3.8) is 0 Å². The summed E-state index contributed by atoms with van der Waals surface area (Å²) in [5.74, 6) is 0. The van der Waals surface area contributed by atoms with E-state index in [9.17, 15) is 4.79 Å². The third kappa shape index (κ3) is 2.78. The van der Waals surface area contributed by atoms with Gasteiger partial charge in [-0.15, -0.1) is 0 Å². The molecule has 0 saturated carbocycles. The van der Waals surface area contributed by atoms with Crippen molar-refractivity contribution in [3.8, 4) is 0 Å². The Balaban J connectivity index is 1.40. The predicted octanol–water partition coefficient (Wildman–Crippen LogP) is 2.81. The van der Waals surface area contributed by atoms with Crippen molar-refractivity contribution < 1.29 is 9.53 Å². The minimum Gasteiger partial charge on any atom is -0.445 e. The van der Waals surface area contributed by atoms with Crippen LogP contribution < -0.4 is 10.2 Å². The number of hydrogen-bond donors (Lipinski definition) is 1. The first-order chi connectivity index (χ1) is 11.8. The Hall–Kier alpha value is -3.02. The van der Waals surface area contributed by atoms with Crippen LogP contribution in [0.15, 0.2) is 60.7 Å². The van der Waals surface area contributed by atoms with Gasteiger partial charge >= 0.3 is 6.09 Å². The van der Waals surface area contributed by atoms with E-state index in [2.05, 4.69) is 15.2 Å². The number of hydrogen-bond acceptors (Lipinski definition) is 5. The number of pyridine rings is 1. The Bertz CT molecular complexity index is 776. The first-order valence-corrected chi connectivity index (χ1v) is 7.94. The van der Waals surface area contributed by atoms with Crippen LogP contribution in [-0.2, 0) is 11.3 Å². The number of piperazine rings is 1. The Kier molecular flexibility index (Phi) is 3.78. The zero-order valence-corrected chi connectivity index (χ0v) is 13.2. The van der Waals surface area contributed by atoms with E-state index in [-0.39, 0.29) is 6.09 Å². The van der Waals surface area contributed by atoms with Gasteiger partial charge in [0.1, 0.15) is 6.61 Å². The lowest BCUT2D eigenvalue weighted by molar-refractivity contribution is 0.0973. The molecule has 0 bridgehead atoms. The molecule has 6 heteroatoms. The van der Waals surface area contributed by atoms with Crippen LogP contribution in [0, 0.1) is 0 Å². The number of rotatable bonds is 2. The van der Waals surface area contributed by atoms with Crippen LogP contribution in [0.4, 0.5) is 16.2 Å². The zero-order chi connectivity index (χ0) is 16.4. The van der Waals surface area contributed by atoms with E-state index in [1.807, 2.05) is 48.8 Å². The molecule has 1 amide bonds. The molecule has 24 heavy (non-hydrogen) atoms. The summed E-state index contributed by atoms with van der Waals surface area (Å²) in [6.45, 7) is 2.17. The van der Waals surface area contributed by atoms with Crippen LogP contribution in [0.2, 0.25) is 0 Å². The highest BCUT2D eigenvalue weighted by atomic mass is 16.6. The average molecular weight is 322 g/mol. The van der Waals surface area contributed by atoms with E-state index in [1.165, 1.54) is 0 Å². The van der Waals surface area contributed by atoms with E-state index >= 15 is 0 Å². The Morgan fingerprint density at radius 3 is 2.96 bits per heavy atom. The number of ether oxygens (including phenoxy) is 1. The van der Waals surface area contributed by atoms with Gasteiger partial charge in [0.05, 0.1) is 29.8 Å². The first-order valence-electron chi connectivity index (χ1n) is 7.94. The van der Waals surface area contributed by atoms with Crippen molar-refractivity contribution in [1.29, 1.82) is 0 Å². The molecule has 3 heterocycles. The van der Waals surface area contributed by atoms with Crippen molar-refractivity contribution in [2.24, 2.45) is 0 Å². The molecule has 0 spiro atoms. The quantitative estimate of drug-likeness (QED) is 0.921. The lowest BCUT2D eigenvalue weighted by Crippen LogP contribution is -2.48. The molecule has 1 N–H and O–H groups in total. The van der Waals surface area contributed by atoms with Gasteiger partial charge in [0.2, 0.25) is 0 Å². The maximum absolute atomic E-state index is 12.3. The first kappa shape index (κ1) is 14.6. The highest BCUT2D eigenvalue weighted by Crippen LogP contribution is 2.33. The summed E-state index contributed by atoms with van der Waals surface area (Å²) in [7, 11) is 0. The maximum atomic E-state index is 12.3. The second kappa shape index (κ2) is 6.23. The molecule has 1 aromatic carbocycles. The lowest BCUT2D eigenvalue weighted by Gasteiger charge is -2.40. The fourth-order valence-electron chi connectivity index (χ4n) is 2.97. The van der Waals surface area contributed by atoms with Crippen molar-refractivity contribution in [3.05, 3.63) is 66.3 Å². The molecule has 1 aromatic heterocycles. The molecule has 6 nitrogen and oxygen atoms in total. The molecular weight excluding hydrogens is 304 g/mol. The second-order valence-corrected chi connectivity index (χ2v) is 5.79. The van der Waals surface area contributed by atoms with Gasteiger partial charge in [-0.3, -0.25) is 4.98 Å². The minimum atomic E-state index is -0.281. The molecule has 1 fully saturated rings. The molecule has 2 aliphatic heterocycles. The van der Waals surface area contributed by atoms with E-state index in [4.69, 9.17) is 4.74 Å². The molecule has 2 aliphatic rings. The van der Waals surface area contributed by atoms with Crippen LogP contribution >= 0.6 is 0 Å². The van der Waals surface area contributed by atoms with E-state index in [0.29, 0.717) is 19.7 Å². The molecule has 1 saturated heterocycles. The van der Waals surface area contributed by atoms with E-state index in [0.717, 1.165) is 29.2 Å². The molecule has 4 rings (SSSR count). The summed E-state index contributed by atoms with van der Waals surface area (Å²) in [4.78, 5) is 20.4. The molecule has 122 valence electrons. The average Bonchev–Trinajstić information content (AvgIpc) is 2.66. The lowest BCUT2D eigenvalue weighted by atomic mass is 10.2. The van der Waals surface area contributed by atoms with Crippen LogP contribution in [0.5, 0.6) is 0 Å². The number of nitrogens with one attached hydrogen (secondary N) is 1. The summed E-state index contributed by atoms with van der Waals surface area (Å²) in [5.41, 5.74) is 4.11. The summed E-state index contributed by atoms with van der Waals surface area (Å²) in [5, 5.41) is 3.26. The maximum Gasteiger partial charge on any atom is 0.410 e. The summed E-state index contributed by atoms with van der Waals surface area (Å²) >= 11 is 0. The Labute approximate surface area is 140 Å². The molecule has 2 aromatic rings. The summed E-state index contributed by atoms with van der Waals surface area (Å²) in [6, 6.07) is 11.7. The number of fused-ring (bicyclic) bond motifs is 3. The number of carbonyl (C=O) groups is 1. The van der Waals surface area contributed by atoms with Gasteiger partial charge in [-0.1, -0.05) is 30.3 Å². The fraction of sp³-hybridized carbons (Fsp3) is 0.222. The van der Waals surface area contributed by atoms with Gasteiger partial charge in [-0.2, -0.15) is 0 Å². The van der Waals surface area contributed by atoms with Gasteiger partial charge in [-0.05, 0) is 11.6 Å². The monoisotopic (exact) mass is 322 g/mol. The number of carbonyl (C=O) groups excluding carboxylic acids is 1. The van der Waals surface area contributed by atoms with Gasteiger partial charge in [0.25, 0.3) is 0 Å². The topological polar surface area (TPSA) is 57.7 Å². The number of amides is 1. The van der Waals surface area contributed by atoms with Crippen LogP contribution in [-0.4, -0.2) is 35.6 Å². The van der Waals surface area contributed by atoms with Crippen LogP contribution in [0.25, 0.3) is 0 Å². The van der Waals surface area contributed by atoms with Crippen LogP contribution in [0.1, 0.15) is 5.56 Å². The molecule has 0 unspecified atom stereocenters. The molecular formula is C18H18N4O2. The highest BCUT2D eigenvalue weighted by molar-refractivity contribution is 5.77. The summed E-state index contributed by atoms with van der Waals surface area (Å²) < 4.78 is 5.43. The van der Waals surface area contributed by atoms with Gasteiger partial charge in [0.15, 0.2) is 0 Å². The third-order valence-corrected chi connectivity index (χ3v) is 4.24. The second-order valence-electron chi connectivity index (χ2n) is 5.79. The van der Waals surface area contributed by atoms with Crippen molar-refractivity contribution in [2.75, 3.05) is 29.9 Å². The third-order valence-electron chi connectivity index (χ3n) is 4.24. The normalized spacial score (nSPS) is 15.8. The van der Waals surface area contributed by atoms with Crippen LogP contribution in [0.3, 0.4) is 0 Å². The highest BCUT2D eigenvalue weighted by Gasteiger charge is 2.29. The number of anilines is 2. The Morgan fingerprint density at radius 1 is 1.21 bits per heavy atom. The Morgan fingerprint density at radius 2 is 2.08 bits per heavy atom. The molecule has 0 atom stereocenters. The number of aromatic nitrogens is 1.